The number of hydrogen-bond acceptors (Lipinski definition) is 6. The van der Waals surface area contributed by atoms with Gasteiger partial charge >= 0.3 is 0 Å². The molecule has 0 spiro atoms. The molecule has 1 aliphatic rings. The lowest BCUT2D eigenvalue weighted by Crippen LogP contribution is -2.39. The average molecular weight is 348 g/mol. The third-order valence-electron chi connectivity index (χ3n) is 3.66. The van der Waals surface area contributed by atoms with Gasteiger partial charge in [0.25, 0.3) is 10.1 Å². The van der Waals surface area contributed by atoms with Gasteiger partial charge in [-0.3, -0.25) is 8.98 Å². The smallest absolute Gasteiger partial charge is 0.265 e. The molecule has 0 radical (unpaired) electrons. The van der Waals surface area contributed by atoms with Gasteiger partial charge in [-0.15, -0.1) is 0 Å². The Bertz CT molecular complexity index is 857. The first-order valence-electron chi connectivity index (χ1n) is 7.21. The number of carbonyl (C=O) groups is 1. The Balaban J connectivity index is 2.05. The fourth-order valence-electron chi connectivity index (χ4n) is 2.58. The zero-order chi connectivity index (χ0) is 17.3. The number of carbonyl (C=O) groups excluding carboxylic acids is 1. The summed E-state index contributed by atoms with van der Waals surface area (Å²) in [6, 6.07) is 13.5. The summed E-state index contributed by atoms with van der Waals surface area (Å²) in [4.78, 5) is 12.7. The first-order chi connectivity index (χ1) is 11.4. The van der Waals surface area contributed by atoms with Crippen LogP contribution in [0.2, 0.25) is 0 Å². The van der Waals surface area contributed by atoms with Crippen molar-refractivity contribution in [3.63, 3.8) is 0 Å². The largest absolute Gasteiger partial charge is 0.497 e. The van der Waals surface area contributed by atoms with E-state index in [4.69, 9.17) is 13.7 Å². The van der Waals surface area contributed by atoms with Gasteiger partial charge in [0, 0.05) is 0 Å². The molecule has 2 aromatic carbocycles. The predicted molar refractivity (Wildman–Crippen MR) is 86.9 cm³/mol. The minimum Gasteiger partial charge on any atom is -0.497 e. The Labute approximate surface area is 140 Å². The second-order valence-electron chi connectivity index (χ2n) is 5.39. The fourth-order valence-corrected chi connectivity index (χ4v) is 3.15. The van der Waals surface area contributed by atoms with Gasteiger partial charge in [-0.25, -0.2) is 0 Å². The van der Waals surface area contributed by atoms with Crippen molar-refractivity contribution in [2.75, 3.05) is 13.4 Å². The molecule has 0 amide bonds. The Hall–Kier alpha value is -2.38. The fraction of sp³-hybridized carbons (Fsp3) is 0.235. The van der Waals surface area contributed by atoms with Crippen molar-refractivity contribution in [1.29, 1.82) is 0 Å². The summed E-state index contributed by atoms with van der Waals surface area (Å²) in [5.74, 6) is 0.613. The van der Waals surface area contributed by atoms with Crippen molar-refractivity contribution < 1.29 is 26.9 Å². The number of methoxy groups -OCH3 is 1. The number of benzene rings is 2. The number of rotatable bonds is 4. The Kier molecular flexibility index (Phi) is 4.29. The Morgan fingerprint density at radius 1 is 1.04 bits per heavy atom. The van der Waals surface area contributed by atoms with Crippen LogP contribution in [0.1, 0.15) is 22.0 Å². The predicted octanol–water partition coefficient (Wildman–Crippen LogP) is 2.36. The van der Waals surface area contributed by atoms with Gasteiger partial charge in [-0.2, -0.15) is 8.42 Å². The van der Waals surface area contributed by atoms with E-state index < -0.39 is 28.1 Å². The third kappa shape index (κ3) is 3.27. The molecule has 0 aromatic heterocycles. The number of fused-ring (bicyclic) bond motifs is 1. The molecule has 0 aliphatic carbocycles. The van der Waals surface area contributed by atoms with Gasteiger partial charge < -0.3 is 9.47 Å². The summed E-state index contributed by atoms with van der Waals surface area (Å²) in [5.41, 5.74) is 0.920. The molecule has 2 aromatic rings. The molecule has 0 saturated carbocycles. The number of para-hydroxylation sites is 1. The van der Waals surface area contributed by atoms with E-state index in [0.717, 1.165) is 6.26 Å². The lowest BCUT2D eigenvalue weighted by molar-refractivity contribution is 0.0347. The van der Waals surface area contributed by atoms with Gasteiger partial charge in [0.15, 0.2) is 12.2 Å². The van der Waals surface area contributed by atoms with Gasteiger partial charge in [0.05, 0.1) is 18.9 Å². The molecule has 0 N–H and O–H groups in total. The molecule has 3 rings (SSSR count). The van der Waals surface area contributed by atoms with Crippen LogP contribution in [0.4, 0.5) is 0 Å². The van der Waals surface area contributed by atoms with Crippen LogP contribution in [-0.2, 0) is 14.3 Å². The van der Waals surface area contributed by atoms with Crippen LogP contribution in [0, 0.1) is 0 Å². The maximum absolute atomic E-state index is 12.7. The Morgan fingerprint density at radius 2 is 1.71 bits per heavy atom. The molecule has 1 aliphatic heterocycles. The highest BCUT2D eigenvalue weighted by atomic mass is 32.2. The molecule has 0 saturated heterocycles. The minimum atomic E-state index is -3.84. The normalized spacial score (nSPS) is 20.2. The highest BCUT2D eigenvalue weighted by Gasteiger charge is 2.41. The van der Waals surface area contributed by atoms with Crippen LogP contribution in [0.3, 0.4) is 0 Å². The highest BCUT2D eigenvalue weighted by Crippen LogP contribution is 2.37. The van der Waals surface area contributed by atoms with Gasteiger partial charge in [0.1, 0.15) is 11.5 Å². The maximum atomic E-state index is 12.7. The summed E-state index contributed by atoms with van der Waals surface area (Å²) in [6.45, 7) is 0. The Morgan fingerprint density at radius 3 is 2.33 bits per heavy atom. The van der Waals surface area contributed by atoms with Gasteiger partial charge in [-0.05, 0) is 29.8 Å². The van der Waals surface area contributed by atoms with Crippen molar-refractivity contribution in [2.45, 2.75) is 12.2 Å². The topological polar surface area (TPSA) is 78.9 Å². The van der Waals surface area contributed by atoms with Crippen LogP contribution in [0.25, 0.3) is 0 Å². The zero-order valence-corrected chi connectivity index (χ0v) is 13.9. The van der Waals surface area contributed by atoms with Crippen molar-refractivity contribution in [1.82, 2.24) is 0 Å². The van der Waals surface area contributed by atoms with Crippen molar-refractivity contribution in [3.05, 3.63) is 59.7 Å². The van der Waals surface area contributed by atoms with Gasteiger partial charge in [0.2, 0.25) is 5.78 Å². The quantitative estimate of drug-likeness (QED) is 0.789. The molecule has 24 heavy (non-hydrogen) atoms. The molecule has 2 atom stereocenters. The summed E-state index contributed by atoms with van der Waals surface area (Å²) in [5, 5.41) is 0. The first-order valence-corrected chi connectivity index (χ1v) is 9.03. The van der Waals surface area contributed by atoms with E-state index >= 15 is 0 Å². The van der Waals surface area contributed by atoms with E-state index in [1.54, 1.807) is 55.6 Å². The molecular formula is C17H16O6S. The second kappa shape index (κ2) is 6.26. The van der Waals surface area contributed by atoms with Crippen molar-refractivity contribution in [3.8, 4) is 11.5 Å². The molecule has 0 fully saturated rings. The molecule has 0 bridgehead atoms. The molecule has 6 nitrogen and oxygen atoms in total. The zero-order valence-electron chi connectivity index (χ0n) is 13.1. The van der Waals surface area contributed by atoms with Crippen LogP contribution < -0.4 is 9.47 Å². The third-order valence-corrected chi connectivity index (χ3v) is 4.22. The molecular weight excluding hydrogens is 332 g/mol. The summed E-state index contributed by atoms with van der Waals surface area (Å²) in [6.07, 6.45) is -1.23. The van der Waals surface area contributed by atoms with Gasteiger partial charge in [-0.1, -0.05) is 24.3 Å². The highest BCUT2D eigenvalue weighted by molar-refractivity contribution is 7.86. The summed E-state index contributed by atoms with van der Waals surface area (Å²) >= 11 is 0. The first kappa shape index (κ1) is 16.5. The summed E-state index contributed by atoms with van der Waals surface area (Å²) in [7, 11) is -2.30. The standard InChI is InChI=1S/C17H16O6S/c1-21-12-9-7-11(8-10-12)16-17(23-24(2,19)20)15(18)13-5-3-4-6-14(13)22-16/h3-10,16-17H,1-2H3/t16-,17+/m1/s1. The van der Waals surface area contributed by atoms with Crippen molar-refractivity contribution >= 4 is 15.9 Å². The molecule has 126 valence electrons. The molecule has 7 heteroatoms. The maximum Gasteiger partial charge on any atom is 0.265 e. The van der Waals surface area contributed by atoms with E-state index in [0.29, 0.717) is 22.6 Å². The number of Topliss-reactive ketones (excluding diaryl/α,β-unsaturated/α-hetero) is 1. The van der Waals surface area contributed by atoms with E-state index in [1.807, 2.05) is 0 Å². The molecule has 0 unspecified atom stereocenters. The van der Waals surface area contributed by atoms with Crippen LogP contribution in [-0.4, -0.2) is 33.7 Å². The molecule has 1 heterocycles. The second-order valence-corrected chi connectivity index (χ2v) is 6.99. The van der Waals surface area contributed by atoms with Crippen LogP contribution in [0.5, 0.6) is 11.5 Å². The number of ketones is 1. The van der Waals surface area contributed by atoms with Crippen LogP contribution in [0.15, 0.2) is 48.5 Å². The van der Waals surface area contributed by atoms with E-state index in [9.17, 15) is 13.2 Å². The lowest BCUT2D eigenvalue weighted by atomic mass is 9.93. The number of ether oxygens (including phenoxy) is 2. The van der Waals surface area contributed by atoms with E-state index in [2.05, 4.69) is 0 Å². The minimum absolute atomic E-state index is 0.302. The number of hydrogen-bond donors (Lipinski definition) is 0. The average Bonchev–Trinajstić information content (AvgIpc) is 2.56. The van der Waals surface area contributed by atoms with E-state index in [-0.39, 0.29) is 0 Å². The monoisotopic (exact) mass is 348 g/mol. The van der Waals surface area contributed by atoms with E-state index in [1.165, 1.54) is 0 Å². The van der Waals surface area contributed by atoms with Crippen molar-refractivity contribution in [2.24, 2.45) is 0 Å². The SMILES string of the molecule is COc1ccc([C@H]2Oc3ccccc3C(=O)[C@@H]2OS(C)(=O)=O)cc1. The summed E-state index contributed by atoms with van der Waals surface area (Å²) < 4.78 is 39.2. The van der Waals surface area contributed by atoms with Crippen LogP contribution >= 0.6 is 0 Å². The lowest BCUT2D eigenvalue weighted by Gasteiger charge is -2.31.